The van der Waals surface area contributed by atoms with Crippen LogP contribution in [0.4, 0.5) is 0 Å². The molecule has 1 aliphatic carbocycles. The fourth-order valence-electron chi connectivity index (χ4n) is 3.73. The number of rotatable bonds is 2. The van der Waals surface area contributed by atoms with Crippen molar-refractivity contribution < 1.29 is 0 Å². The van der Waals surface area contributed by atoms with Crippen molar-refractivity contribution in [3.05, 3.63) is 0 Å². The molecule has 106 valence electrons. The van der Waals surface area contributed by atoms with E-state index in [0.29, 0.717) is 5.41 Å². The summed E-state index contributed by atoms with van der Waals surface area (Å²) >= 11 is 0. The van der Waals surface area contributed by atoms with Crippen molar-refractivity contribution in [3.63, 3.8) is 0 Å². The van der Waals surface area contributed by atoms with Gasteiger partial charge in [-0.05, 0) is 57.0 Å². The Morgan fingerprint density at radius 1 is 1.11 bits per heavy atom. The number of hydrogen-bond acceptors (Lipinski definition) is 2. The van der Waals surface area contributed by atoms with Crippen LogP contribution in [0.2, 0.25) is 0 Å². The summed E-state index contributed by atoms with van der Waals surface area (Å²) in [6.07, 6.45) is 8.32. The Hall–Kier alpha value is -0.0800. The largest absolute Gasteiger partial charge is 0.311 e. The quantitative estimate of drug-likeness (QED) is 0.759. The van der Waals surface area contributed by atoms with Crippen molar-refractivity contribution in [2.75, 3.05) is 20.1 Å². The lowest BCUT2D eigenvalue weighted by Gasteiger charge is -2.37. The fraction of sp³-hybridized carbons (Fsp3) is 1.00. The molecule has 1 saturated carbocycles. The Labute approximate surface area is 114 Å². The van der Waals surface area contributed by atoms with Crippen LogP contribution in [0.15, 0.2) is 0 Å². The van der Waals surface area contributed by atoms with Gasteiger partial charge in [-0.1, -0.05) is 27.2 Å². The maximum atomic E-state index is 3.98. The van der Waals surface area contributed by atoms with Gasteiger partial charge < -0.3 is 10.2 Å². The van der Waals surface area contributed by atoms with Gasteiger partial charge >= 0.3 is 0 Å². The SMILES string of the molecule is CC1CN(C)CCC1NC1CCCC(C)(C)CC1. The van der Waals surface area contributed by atoms with Crippen LogP contribution in [-0.2, 0) is 0 Å². The van der Waals surface area contributed by atoms with E-state index in [-0.39, 0.29) is 0 Å². The molecule has 2 fully saturated rings. The Morgan fingerprint density at radius 2 is 1.89 bits per heavy atom. The first-order valence-corrected chi connectivity index (χ1v) is 7.91. The van der Waals surface area contributed by atoms with Gasteiger partial charge in [-0.2, -0.15) is 0 Å². The molecule has 0 radical (unpaired) electrons. The maximum absolute atomic E-state index is 3.98. The van der Waals surface area contributed by atoms with Gasteiger partial charge in [0, 0.05) is 18.6 Å². The average molecular weight is 252 g/mol. The predicted octanol–water partition coefficient (Wildman–Crippen LogP) is 3.28. The fourth-order valence-corrected chi connectivity index (χ4v) is 3.73. The molecule has 1 N–H and O–H groups in total. The van der Waals surface area contributed by atoms with Crippen LogP contribution in [-0.4, -0.2) is 37.1 Å². The van der Waals surface area contributed by atoms with Gasteiger partial charge in [-0.25, -0.2) is 0 Å². The number of piperidine rings is 1. The van der Waals surface area contributed by atoms with Gasteiger partial charge in [0.25, 0.3) is 0 Å². The van der Waals surface area contributed by atoms with E-state index in [1.54, 1.807) is 0 Å². The minimum Gasteiger partial charge on any atom is -0.311 e. The topological polar surface area (TPSA) is 15.3 Å². The zero-order chi connectivity index (χ0) is 13.2. The van der Waals surface area contributed by atoms with Gasteiger partial charge in [0.15, 0.2) is 0 Å². The summed E-state index contributed by atoms with van der Waals surface area (Å²) in [6, 6.07) is 1.54. The second-order valence-corrected chi connectivity index (χ2v) is 7.59. The van der Waals surface area contributed by atoms with E-state index in [1.165, 1.54) is 51.6 Å². The summed E-state index contributed by atoms with van der Waals surface area (Å²) in [7, 11) is 2.25. The molecule has 2 nitrogen and oxygen atoms in total. The number of likely N-dealkylation sites (tertiary alicyclic amines) is 1. The van der Waals surface area contributed by atoms with Crippen LogP contribution in [0.5, 0.6) is 0 Å². The van der Waals surface area contributed by atoms with E-state index in [4.69, 9.17) is 0 Å². The van der Waals surface area contributed by atoms with Crippen molar-refractivity contribution in [1.29, 1.82) is 0 Å². The first-order valence-electron chi connectivity index (χ1n) is 7.91. The van der Waals surface area contributed by atoms with Crippen LogP contribution in [0.25, 0.3) is 0 Å². The van der Waals surface area contributed by atoms with Gasteiger partial charge in [0.1, 0.15) is 0 Å². The number of nitrogens with one attached hydrogen (secondary N) is 1. The lowest BCUT2D eigenvalue weighted by atomic mass is 9.85. The van der Waals surface area contributed by atoms with Crippen LogP contribution >= 0.6 is 0 Å². The second kappa shape index (κ2) is 5.92. The van der Waals surface area contributed by atoms with Crippen LogP contribution in [0.3, 0.4) is 0 Å². The highest BCUT2D eigenvalue weighted by molar-refractivity contribution is 4.86. The molecule has 2 rings (SSSR count). The Balaban J connectivity index is 1.82. The first kappa shape index (κ1) is 14.3. The van der Waals surface area contributed by atoms with Crippen LogP contribution in [0.1, 0.15) is 59.3 Å². The predicted molar refractivity (Wildman–Crippen MR) is 78.9 cm³/mol. The minimum atomic E-state index is 0.578. The molecule has 3 unspecified atom stereocenters. The molecule has 3 atom stereocenters. The number of hydrogen-bond donors (Lipinski definition) is 1. The minimum absolute atomic E-state index is 0.578. The third kappa shape index (κ3) is 3.96. The maximum Gasteiger partial charge on any atom is 0.0120 e. The molecule has 0 aromatic heterocycles. The van der Waals surface area contributed by atoms with Gasteiger partial charge in [-0.3, -0.25) is 0 Å². The summed E-state index contributed by atoms with van der Waals surface area (Å²) in [5, 5.41) is 3.98. The summed E-state index contributed by atoms with van der Waals surface area (Å²) in [4.78, 5) is 2.47. The second-order valence-electron chi connectivity index (χ2n) is 7.59. The first-order chi connectivity index (χ1) is 8.46. The van der Waals surface area contributed by atoms with E-state index in [9.17, 15) is 0 Å². The molecular formula is C16H32N2. The lowest BCUT2D eigenvalue weighted by Crippen LogP contribution is -2.50. The van der Waals surface area contributed by atoms with Crippen LogP contribution < -0.4 is 5.32 Å². The average Bonchev–Trinajstić information content (AvgIpc) is 2.44. The van der Waals surface area contributed by atoms with E-state index in [0.717, 1.165) is 18.0 Å². The third-order valence-electron chi connectivity index (χ3n) is 5.13. The molecule has 1 aliphatic heterocycles. The Kier molecular flexibility index (Phi) is 4.71. The zero-order valence-electron chi connectivity index (χ0n) is 12.8. The third-order valence-corrected chi connectivity index (χ3v) is 5.13. The molecule has 18 heavy (non-hydrogen) atoms. The van der Waals surface area contributed by atoms with Crippen molar-refractivity contribution >= 4 is 0 Å². The molecule has 1 heterocycles. The van der Waals surface area contributed by atoms with E-state index in [2.05, 4.69) is 38.0 Å². The Bertz CT molecular complexity index is 262. The zero-order valence-corrected chi connectivity index (χ0v) is 12.8. The lowest BCUT2D eigenvalue weighted by molar-refractivity contribution is 0.162. The van der Waals surface area contributed by atoms with E-state index >= 15 is 0 Å². The molecule has 1 saturated heterocycles. The van der Waals surface area contributed by atoms with E-state index in [1.807, 2.05) is 0 Å². The van der Waals surface area contributed by atoms with Crippen molar-refractivity contribution in [1.82, 2.24) is 10.2 Å². The summed E-state index contributed by atoms with van der Waals surface area (Å²) < 4.78 is 0. The highest BCUT2D eigenvalue weighted by Gasteiger charge is 2.29. The smallest absolute Gasteiger partial charge is 0.0120 e. The molecule has 2 aliphatic rings. The van der Waals surface area contributed by atoms with Crippen molar-refractivity contribution in [2.24, 2.45) is 11.3 Å². The molecule has 0 aromatic carbocycles. The highest BCUT2D eigenvalue weighted by Crippen LogP contribution is 2.34. The monoisotopic (exact) mass is 252 g/mol. The van der Waals surface area contributed by atoms with Gasteiger partial charge in [0.2, 0.25) is 0 Å². The molecular weight excluding hydrogens is 220 g/mol. The number of nitrogens with zero attached hydrogens (tertiary/aromatic N) is 1. The molecule has 0 spiro atoms. The molecule has 0 amide bonds. The Morgan fingerprint density at radius 3 is 2.61 bits per heavy atom. The molecule has 2 heteroatoms. The van der Waals surface area contributed by atoms with Crippen LogP contribution in [0, 0.1) is 11.3 Å². The summed E-state index contributed by atoms with van der Waals surface area (Å²) in [5.41, 5.74) is 0.578. The molecule has 0 aromatic rings. The van der Waals surface area contributed by atoms with Gasteiger partial charge in [0.05, 0.1) is 0 Å². The van der Waals surface area contributed by atoms with Crippen molar-refractivity contribution in [3.8, 4) is 0 Å². The van der Waals surface area contributed by atoms with Gasteiger partial charge in [-0.15, -0.1) is 0 Å². The summed E-state index contributed by atoms with van der Waals surface area (Å²) in [5.74, 6) is 0.806. The normalized spacial score (nSPS) is 38.3. The van der Waals surface area contributed by atoms with Crippen molar-refractivity contribution in [2.45, 2.75) is 71.4 Å². The highest BCUT2D eigenvalue weighted by atomic mass is 15.1. The standard InChI is InChI=1S/C16H32N2/c1-13-12-18(4)11-8-15(13)17-14-6-5-9-16(2,3)10-7-14/h13-15,17H,5-12H2,1-4H3. The summed E-state index contributed by atoms with van der Waals surface area (Å²) in [6.45, 7) is 9.81. The van der Waals surface area contributed by atoms with E-state index < -0.39 is 0 Å². The molecule has 0 bridgehead atoms.